The molecule has 0 aromatic heterocycles. The Kier molecular flexibility index (Phi) is 3.53. The number of carbonyl (C=O) groups is 1. The molecular formula is C11H21NO2. The molecule has 0 N–H and O–H groups in total. The molecule has 1 amide bonds. The summed E-state index contributed by atoms with van der Waals surface area (Å²) in [5.41, 5.74) is -0.0603. The summed E-state index contributed by atoms with van der Waals surface area (Å²) < 4.78 is 5.60. The lowest BCUT2D eigenvalue weighted by molar-refractivity contribution is -0.176. The molecule has 0 aliphatic carbocycles. The fourth-order valence-corrected chi connectivity index (χ4v) is 2.41. The smallest absolute Gasteiger partial charge is 0.219 e. The lowest BCUT2D eigenvalue weighted by Gasteiger charge is -2.52. The van der Waals surface area contributed by atoms with Crippen LogP contribution in [0.1, 0.15) is 33.6 Å². The zero-order chi connectivity index (χ0) is 10.8. The van der Waals surface area contributed by atoms with Gasteiger partial charge in [-0.25, -0.2) is 0 Å². The summed E-state index contributed by atoms with van der Waals surface area (Å²) in [5, 5.41) is 0. The van der Waals surface area contributed by atoms with Gasteiger partial charge in [0.25, 0.3) is 0 Å². The molecule has 1 aliphatic heterocycles. The topological polar surface area (TPSA) is 29.5 Å². The number of likely N-dealkylation sites (tertiary alicyclic amines) is 1. The van der Waals surface area contributed by atoms with Gasteiger partial charge >= 0.3 is 0 Å². The maximum Gasteiger partial charge on any atom is 0.219 e. The summed E-state index contributed by atoms with van der Waals surface area (Å²) in [6.45, 7) is 7.53. The van der Waals surface area contributed by atoms with Crippen molar-refractivity contribution in [1.29, 1.82) is 0 Å². The van der Waals surface area contributed by atoms with Crippen molar-refractivity contribution in [3.8, 4) is 0 Å². The number of methoxy groups -OCH3 is 1. The van der Waals surface area contributed by atoms with Crippen LogP contribution in [0.15, 0.2) is 0 Å². The number of carbonyl (C=O) groups excluding carboxylic acids is 1. The van der Waals surface area contributed by atoms with E-state index in [1.165, 1.54) is 0 Å². The molecular weight excluding hydrogens is 178 g/mol. The molecule has 14 heavy (non-hydrogen) atoms. The normalized spacial score (nSPS) is 19.6. The van der Waals surface area contributed by atoms with E-state index in [9.17, 15) is 4.79 Å². The van der Waals surface area contributed by atoms with E-state index in [-0.39, 0.29) is 11.5 Å². The lowest BCUT2D eigenvalue weighted by Crippen LogP contribution is -2.67. The van der Waals surface area contributed by atoms with Crippen LogP contribution in [0.4, 0.5) is 0 Å². The van der Waals surface area contributed by atoms with E-state index in [0.717, 1.165) is 25.9 Å². The van der Waals surface area contributed by atoms with Crippen molar-refractivity contribution in [3.05, 3.63) is 0 Å². The third kappa shape index (κ3) is 1.78. The van der Waals surface area contributed by atoms with Gasteiger partial charge < -0.3 is 9.64 Å². The van der Waals surface area contributed by atoms with E-state index < -0.39 is 0 Å². The first-order valence-corrected chi connectivity index (χ1v) is 5.40. The minimum atomic E-state index is -0.0603. The van der Waals surface area contributed by atoms with Crippen molar-refractivity contribution in [3.63, 3.8) is 0 Å². The lowest BCUT2D eigenvalue weighted by atomic mass is 9.77. The standard InChI is InChI=1S/C11H21NO2/c1-5-10(6-2)11(14-4)7-12(8-11)9(3)13/h10H,5-8H2,1-4H3. The third-order valence-corrected chi connectivity index (χ3v) is 3.50. The first kappa shape index (κ1) is 11.5. The molecule has 0 unspecified atom stereocenters. The summed E-state index contributed by atoms with van der Waals surface area (Å²) >= 11 is 0. The number of amides is 1. The summed E-state index contributed by atoms with van der Waals surface area (Å²) in [6, 6.07) is 0. The summed E-state index contributed by atoms with van der Waals surface area (Å²) in [5.74, 6) is 0.728. The number of ether oxygens (including phenoxy) is 1. The van der Waals surface area contributed by atoms with Crippen molar-refractivity contribution in [2.45, 2.75) is 39.2 Å². The molecule has 1 fully saturated rings. The molecule has 3 nitrogen and oxygen atoms in total. The zero-order valence-electron chi connectivity index (χ0n) is 9.67. The molecule has 1 rings (SSSR count). The Hall–Kier alpha value is -0.570. The van der Waals surface area contributed by atoms with Crippen molar-refractivity contribution < 1.29 is 9.53 Å². The maximum atomic E-state index is 11.1. The van der Waals surface area contributed by atoms with Gasteiger partial charge in [-0.1, -0.05) is 26.7 Å². The summed E-state index contributed by atoms with van der Waals surface area (Å²) in [7, 11) is 1.76. The highest BCUT2D eigenvalue weighted by Crippen LogP contribution is 2.36. The Labute approximate surface area is 86.4 Å². The minimum Gasteiger partial charge on any atom is -0.374 e. The van der Waals surface area contributed by atoms with Gasteiger partial charge in [0.05, 0.1) is 13.1 Å². The predicted molar refractivity (Wildman–Crippen MR) is 56.1 cm³/mol. The Morgan fingerprint density at radius 2 is 1.93 bits per heavy atom. The highest BCUT2D eigenvalue weighted by atomic mass is 16.5. The van der Waals surface area contributed by atoms with Crippen LogP contribution < -0.4 is 0 Å². The maximum absolute atomic E-state index is 11.1. The fraction of sp³-hybridized carbons (Fsp3) is 0.909. The Bertz CT molecular complexity index is 205. The molecule has 1 saturated heterocycles. The molecule has 3 heteroatoms. The fourth-order valence-electron chi connectivity index (χ4n) is 2.41. The Morgan fingerprint density at radius 3 is 2.21 bits per heavy atom. The van der Waals surface area contributed by atoms with Gasteiger partial charge in [-0.3, -0.25) is 4.79 Å². The van der Waals surface area contributed by atoms with E-state index in [2.05, 4.69) is 13.8 Å². The molecule has 0 spiro atoms. The number of hydrogen-bond acceptors (Lipinski definition) is 2. The molecule has 0 bridgehead atoms. The van der Waals surface area contributed by atoms with Crippen molar-refractivity contribution >= 4 is 5.91 Å². The van der Waals surface area contributed by atoms with Gasteiger partial charge in [-0.15, -0.1) is 0 Å². The van der Waals surface area contributed by atoms with Gasteiger partial charge in [0, 0.05) is 14.0 Å². The monoisotopic (exact) mass is 199 g/mol. The van der Waals surface area contributed by atoms with Gasteiger partial charge in [0.15, 0.2) is 0 Å². The molecule has 1 heterocycles. The quantitative estimate of drug-likeness (QED) is 0.689. The Morgan fingerprint density at radius 1 is 1.43 bits per heavy atom. The largest absolute Gasteiger partial charge is 0.374 e. The van der Waals surface area contributed by atoms with Crippen LogP contribution in [-0.2, 0) is 9.53 Å². The second-order valence-corrected chi connectivity index (χ2v) is 4.16. The van der Waals surface area contributed by atoms with E-state index >= 15 is 0 Å². The van der Waals surface area contributed by atoms with Crippen molar-refractivity contribution in [2.75, 3.05) is 20.2 Å². The molecule has 0 aromatic carbocycles. The second-order valence-electron chi connectivity index (χ2n) is 4.16. The van der Waals surface area contributed by atoms with Crippen molar-refractivity contribution in [2.24, 2.45) is 5.92 Å². The van der Waals surface area contributed by atoms with Crippen LogP contribution in [0.5, 0.6) is 0 Å². The van der Waals surface area contributed by atoms with Crippen LogP contribution in [0.2, 0.25) is 0 Å². The minimum absolute atomic E-state index is 0.0603. The highest BCUT2D eigenvalue weighted by Gasteiger charge is 2.48. The predicted octanol–water partition coefficient (Wildman–Crippen LogP) is 1.67. The zero-order valence-corrected chi connectivity index (χ0v) is 9.67. The van der Waals surface area contributed by atoms with E-state index in [1.807, 2.05) is 4.90 Å². The van der Waals surface area contributed by atoms with Gasteiger partial charge in [0.1, 0.15) is 5.60 Å². The average Bonchev–Trinajstić information content (AvgIpc) is 2.09. The molecule has 0 aromatic rings. The number of nitrogens with zero attached hydrogens (tertiary/aromatic N) is 1. The van der Waals surface area contributed by atoms with E-state index in [4.69, 9.17) is 4.74 Å². The van der Waals surface area contributed by atoms with Gasteiger partial charge in [0.2, 0.25) is 5.91 Å². The summed E-state index contributed by atoms with van der Waals surface area (Å²) in [4.78, 5) is 12.9. The van der Waals surface area contributed by atoms with Crippen LogP contribution in [-0.4, -0.2) is 36.6 Å². The molecule has 1 aliphatic rings. The number of hydrogen-bond donors (Lipinski definition) is 0. The molecule has 0 saturated carbocycles. The molecule has 0 atom stereocenters. The first-order valence-electron chi connectivity index (χ1n) is 5.40. The van der Waals surface area contributed by atoms with Crippen molar-refractivity contribution in [1.82, 2.24) is 4.90 Å². The average molecular weight is 199 g/mol. The third-order valence-electron chi connectivity index (χ3n) is 3.50. The van der Waals surface area contributed by atoms with Crippen LogP contribution in [0.25, 0.3) is 0 Å². The Balaban J connectivity index is 2.60. The van der Waals surface area contributed by atoms with Crippen LogP contribution in [0, 0.1) is 5.92 Å². The highest BCUT2D eigenvalue weighted by molar-refractivity contribution is 5.74. The SMILES string of the molecule is CCC(CC)C1(OC)CN(C(C)=O)C1. The van der Waals surface area contributed by atoms with Crippen LogP contribution in [0.3, 0.4) is 0 Å². The van der Waals surface area contributed by atoms with E-state index in [0.29, 0.717) is 5.92 Å². The molecule has 0 radical (unpaired) electrons. The van der Waals surface area contributed by atoms with E-state index in [1.54, 1.807) is 14.0 Å². The first-order chi connectivity index (χ1) is 6.59. The molecule has 82 valence electrons. The van der Waals surface area contributed by atoms with Gasteiger partial charge in [-0.05, 0) is 5.92 Å². The van der Waals surface area contributed by atoms with Gasteiger partial charge in [-0.2, -0.15) is 0 Å². The number of rotatable bonds is 4. The second kappa shape index (κ2) is 4.30. The van der Waals surface area contributed by atoms with Crippen LogP contribution >= 0.6 is 0 Å². The summed E-state index contributed by atoms with van der Waals surface area (Å²) in [6.07, 6.45) is 2.24.